The van der Waals surface area contributed by atoms with E-state index in [1.54, 1.807) is 12.1 Å². The van der Waals surface area contributed by atoms with Gasteiger partial charge in [0.05, 0.1) is 15.8 Å². The highest BCUT2D eigenvalue weighted by Gasteiger charge is 2.41. The predicted molar refractivity (Wildman–Crippen MR) is 152 cm³/mol. The number of alkyl halides is 8. The second-order valence-electron chi connectivity index (χ2n) is 9.54. The highest BCUT2D eigenvalue weighted by Crippen LogP contribution is 2.33. The monoisotopic (exact) mass is 730 g/mol. The van der Waals surface area contributed by atoms with Crippen LogP contribution in [-0.4, -0.2) is 77.4 Å². The topological polar surface area (TPSA) is 161 Å². The number of nitrogens with zero attached hydrogens (tertiary/aromatic N) is 5. The minimum atomic E-state index is -4.98. The quantitative estimate of drug-likeness (QED) is 0.242. The molecule has 0 radical (unpaired) electrons. The number of rotatable bonds is 8. The molecule has 0 aliphatic carbocycles. The molecule has 1 saturated heterocycles. The Morgan fingerprint density at radius 2 is 1.62 bits per heavy atom. The third-order valence-electron chi connectivity index (χ3n) is 6.33. The van der Waals surface area contributed by atoms with Gasteiger partial charge in [0.25, 0.3) is 0 Å². The Morgan fingerprint density at radius 3 is 2.17 bits per heavy atom. The number of benzene rings is 2. The van der Waals surface area contributed by atoms with Crippen LogP contribution in [0.5, 0.6) is 11.5 Å². The van der Waals surface area contributed by atoms with Crippen molar-refractivity contribution in [3.63, 3.8) is 0 Å². The van der Waals surface area contributed by atoms with Gasteiger partial charge in [-0.05, 0) is 42.0 Å². The maximum Gasteiger partial charge on any atom is 0.573 e. The Hall–Kier alpha value is -4.41. The van der Waals surface area contributed by atoms with Gasteiger partial charge in [-0.3, -0.25) is 4.79 Å². The third kappa shape index (κ3) is 9.14. The summed E-state index contributed by atoms with van der Waals surface area (Å²) in [6.45, 7) is -3.19. The van der Waals surface area contributed by atoms with E-state index in [4.69, 9.17) is 5.73 Å². The van der Waals surface area contributed by atoms with Gasteiger partial charge in [-0.2, -0.15) is 31.2 Å². The molecule has 2 aromatic carbocycles. The van der Waals surface area contributed by atoms with Crippen LogP contribution in [0.4, 0.5) is 40.3 Å². The van der Waals surface area contributed by atoms with E-state index in [-0.39, 0.29) is 34.3 Å². The molecule has 5 rings (SSSR count). The van der Waals surface area contributed by atoms with Crippen LogP contribution in [0.3, 0.4) is 0 Å². The van der Waals surface area contributed by atoms with Gasteiger partial charge in [0, 0.05) is 26.2 Å². The van der Waals surface area contributed by atoms with Gasteiger partial charge in [-0.25, -0.2) is 18.4 Å². The third-order valence-corrected chi connectivity index (χ3v) is 9.29. The van der Waals surface area contributed by atoms with Crippen molar-refractivity contribution in [2.24, 2.45) is 5.73 Å². The van der Waals surface area contributed by atoms with E-state index in [0.717, 1.165) is 47.4 Å². The van der Waals surface area contributed by atoms with Crippen LogP contribution in [0.1, 0.15) is 11.4 Å². The number of nitrogens with two attached hydrogens (primary N) is 1. The molecule has 4 aromatic rings. The summed E-state index contributed by atoms with van der Waals surface area (Å²) in [6, 6.07) is 7.88. The summed E-state index contributed by atoms with van der Waals surface area (Å²) in [5, 5.41) is 9.80. The van der Waals surface area contributed by atoms with E-state index in [1.165, 1.54) is 17.0 Å². The van der Waals surface area contributed by atoms with Crippen molar-refractivity contribution < 1.29 is 62.9 Å². The number of carboxylic acids is 1. The normalized spacial score (nSPS) is 16.0. The fourth-order valence-corrected chi connectivity index (χ4v) is 6.66. The molecule has 22 heteroatoms. The van der Waals surface area contributed by atoms with Crippen molar-refractivity contribution in [2.75, 3.05) is 24.5 Å². The van der Waals surface area contributed by atoms with Gasteiger partial charge < -0.3 is 25.2 Å². The van der Waals surface area contributed by atoms with Gasteiger partial charge in [-0.15, -0.1) is 13.2 Å². The Bertz CT molecular complexity index is 1820. The lowest BCUT2D eigenvalue weighted by Crippen LogP contribution is -2.58. The Morgan fingerprint density at radius 1 is 1.00 bits per heavy atom. The number of halogens is 8. The molecule has 2 aromatic heterocycles. The van der Waals surface area contributed by atoms with Crippen molar-refractivity contribution in [3.05, 3.63) is 66.1 Å². The van der Waals surface area contributed by atoms with Crippen LogP contribution < -0.4 is 20.1 Å². The van der Waals surface area contributed by atoms with Crippen molar-refractivity contribution in [1.82, 2.24) is 19.3 Å². The SMILES string of the molecule is NCc1ccc(OC(F)F)cc1.O=C(O)[C@H]1CN(c2nc3nc(C(F)(F)F)ncc3s2)CCN1S(=O)(=O)c1ccc(OC(F)(F)F)cc1. The molecule has 1 fully saturated rings. The van der Waals surface area contributed by atoms with E-state index in [2.05, 4.69) is 24.4 Å². The average Bonchev–Trinajstić information content (AvgIpc) is 3.44. The van der Waals surface area contributed by atoms with E-state index in [1.807, 2.05) is 0 Å². The van der Waals surface area contributed by atoms with Crippen molar-refractivity contribution in [1.29, 1.82) is 0 Å². The van der Waals surface area contributed by atoms with Gasteiger partial charge in [0.15, 0.2) is 10.8 Å². The highest BCUT2D eigenvalue weighted by atomic mass is 32.2. The minimum absolute atomic E-state index is 0.0718. The zero-order valence-electron chi connectivity index (χ0n) is 23.8. The number of anilines is 1. The lowest BCUT2D eigenvalue weighted by atomic mass is 10.2. The van der Waals surface area contributed by atoms with Gasteiger partial charge >= 0.3 is 25.1 Å². The van der Waals surface area contributed by atoms with Gasteiger partial charge in [-0.1, -0.05) is 23.5 Å². The summed E-state index contributed by atoms with van der Waals surface area (Å²) >= 11 is 0.904. The maximum absolute atomic E-state index is 13.1. The summed E-state index contributed by atoms with van der Waals surface area (Å²) in [7, 11) is -4.44. The fraction of sp³-hybridized carbons (Fsp3) is 0.308. The molecule has 1 aliphatic heterocycles. The number of fused-ring (bicyclic) bond motifs is 1. The number of hydrogen-bond donors (Lipinski definition) is 2. The van der Waals surface area contributed by atoms with Crippen molar-refractivity contribution in [2.45, 2.75) is 36.6 Å². The number of ether oxygens (including phenoxy) is 2. The first-order chi connectivity index (χ1) is 22.4. The number of piperazine rings is 1. The Kier molecular flexibility index (Phi) is 10.9. The first-order valence-corrected chi connectivity index (χ1v) is 15.4. The van der Waals surface area contributed by atoms with Crippen LogP contribution in [-0.2, 0) is 27.5 Å². The molecule has 1 atom stereocenters. The average molecular weight is 731 g/mol. The number of carbonyl (C=O) groups is 1. The fourth-order valence-electron chi connectivity index (χ4n) is 4.18. The molecule has 0 amide bonds. The van der Waals surface area contributed by atoms with Crippen LogP contribution in [0.25, 0.3) is 10.3 Å². The summed E-state index contributed by atoms with van der Waals surface area (Å²) in [4.78, 5) is 23.5. The minimum Gasteiger partial charge on any atom is -0.480 e. The molecule has 3 heterocycles. The molecule has 12 nitrogen and oxygen atoms in total. The molecule has 0 spiro atoms. The molecule has 0 unspecified atom stereocenters. The van der Waals surface area contributed by atoms with Crippen LogP contribution in [0, 0.1) is 0 Å². The van der Waals surface area contributed by atoms with Crippen molar-refractivity contribution in [3.8, 4) is 11.5 Å². The molecule has 1 aliphatic rings. The smallest absolute Gasteiger partial charge is 0.480 e. The van der Waals surface area contributed by atoms with E-state index in [0.29, 0.717) is 10.8 Å². The lowest BCUT2D eigenvalue weighted by Gasteiger charge is -2.38. The summed E-state index contributed by atoms with van der Waals surface area (Å²) in [6.07, 6.45) is -8.83. The summed E-state index contributed by atoms with van der Waals surface area (Å²) < 4.78 is 134. The Balaban J connectivity index is 0.000000365. The van der Waals surface area contributed by atoms with Gasteiger partial charge in [0.2, 0.25) is 15.8 Å². The predicted octanol–water partition coefficient (Wildman–Crippen LogP) is 4.71. The molecule has 3 N–H and O–H groups in total. The number of carboxylic acid groups (broad SMARTS) is 1. The second-order valence-corrected chi connectivity index (χ2v) is 12.4. The molecule has 0 saturated carbocycles. The largest absolute Gasteiger partial charge is 0.573 e. The maximum atomic E-state index is 13.1. The van der Waals surface area contributed by atoms with E-state index in [9.17, 15) is 53.4 Å². The Labute approximate surface area is 269 Å². The van der Waals surface area contributed by atoms with Crippen LogP contribution in [0.15, 0.2) is 59.6 Å². The first kappa shape index (κ1) is 36.4. The molecule has 48 heavy (non-hydrogen) atoms. The molecular formula is C26H22F8N6O6S2. The number of aliphatic carboxylic acids is 1. The second kappa shape index (κ2) is 14.4. The summed E-state index contributed by atoms with van der Waals surface area (Å²) in [5.41, 5.74) is 5.95. The molecule has 260 valence electrons. The standard InChI is InChI=1S/C18H13F6N5O5S2.C8H9F2NO/c19-17(20,21)15-25-7-12-13(26-15)27-16(35-12)28-5-6-29(11(8-28)14(30)31)36(32,33)10-3-1-9(2-4-10)34-18(22,23)24;9-8(10)12-7-3-1-6(5-11)2-4-7/h1-4,7,11H,5-6,8H2,(H,30,31);1-4,8H,5,11H2/t11-;/m1./s1. The number of hydrogen-bond acceptors (Lipinski definition) is 11. The molecule has 0 bridgehead atoms. The molecular weight excluding hydrogens is 708 g/mol. The van der Waals surface area contributed by atoms with E-state index < -0.39 is 64.2 Å². The number of thiazole rings is 1. The van der Waals surface area contributed by atoms with Crippen LogP contribution >= 0.6 is 11.3 Å². The zero-order chi connectivity index (χ0) is 35.4. The first-order valence-electron chi connectivity index (χ1n) is 13.2. The lowest BCUT2D eigenvalue weighted by molar-refractivity contribution is -0.274. The van der Waals surface area contributed by atoms with E-state index >= 15 is 0 Å². The highest BCUT2D eigenvalue weighted by molar-refractivity contribution is 7.89. The zero-order valence-corrected chi connectivity index (χ0v) is 25.5. The summed E-state index contributed by atoms with van der Waals surface area (Å²) in [5.74, 6) is -3.41. The van der Waals surface area contributed by atoms with Crippen LogP contribution in [0.2, 0.25) is 0 Å². The van der Waals surface area contributed by atoms with Gasteiger partial charge in [0.1, 0.15) is 17.5 Å². The number of sulfonamides is 1. The van der Waals surface area contributed by atoms with Crippen molar-refractivity contribution >= 4 is 42.8 Å². The number of aromatic nitrogens is 3.